The summed E-state index contributed by atoms with van der Waals surface area (Å²) in [5, 5.41) is -0.0351. The van der Waals surface area contributed by atoms with Crippen molar-refractivity contribution in [1.29, 1.82) is 0 Å². The first-order valence-electron chi connectivity index (χ1n) is 5.19. The first-order chi connectivity index (χ1) is 8.47. The smallest absolute Gasteiger partial charge is 0.259 e. The molecule has 2 rings (SSSR count). The average molecular weight is 269 g/mol. The number of hydrogen-bond donors (Lipinski definition) is 1. The molecule has 0 atom stereocenters. The van der Waals surface area contributed by atoms with Crippen LogP contribution in [0.1, 0.15) is 5.56 Å². The fourth-order valence-corrected chi connectivity index (χ4v) is 2.38. The van der Waals surface area contributed by atoms with E-state index in [0.717, 1.165) is 0 Å². The molecule has 0 amide bonds. The third kappa shape index (κ3) is 2.93. The summed E-state index contributed by atoms with van der Waals surface area (Å²) in [6, 6.07) is 5.61. The molecule has 1 heterocycles. The predicted octanol–water partition coefficient (Wildman–Crippen LogP) is 1.04. The number of nitrogens with one attached hydrogen (secondary N) is 1. The van der Waals surface area contributed by atoms with E-state index in [1.54, 1.807) is 11.6 Å². The second-order valence-electron chi connectivity index (χ2n) is 3.83. The Labute approximate surface area is 104 Å². The number of aromatic nitrogens is 2. The summed E-state index contributed by atoms with van der Waals surface area (Å²) in [4.78, 5) is 3.77. The summed E-state index contributed by atoms with van der Waals surface area (Å²) < 4.78 is 40.3. The van der Waals surface area contributed by atoms with Crippen molar-refractivity contribution in [2.24, 2.45) is 7.05 Å². The van der Waals surface area contributed by atoms with Crippen LogP contribution in [-0.4, -0.2) is 18.0 Å². The molecular weight excluding hydrogens is 257 g/mol. The van der Waals surface area contributed by atoms with Gasteiger partial charge in [-0.1, -0.05) is 12.1 Å². The minimum Gasteiger partial charge on any atom is -0.339 e. The van der Waals surface area contributed by atoms with E-state index >= 15 is 0 Å². The molecule has 0 aliphatic rings. The Morgan fingerprint density at radius 2 is 2.00 bits per heavy atom. The number of rotatable bonds is 4. The van der Waals surface area contributed by atoms with Crippen LogP contribution in [0.3, 0.4) is 0 Å². The number of imidazole rings is 1. The average Bonchev–Trinajstić information content (AvgIpc) is 2.76. The quantitative estimate of drug-likeness (QED) is 0.902. The lowest BCUT2D eigenvalue weighted by molar-refractivity contribution is 0.578. The van der Waals surface area contributed by atoms with Gasteiger partial charge in [-0.05, 0) is 17.7 Å². The summed E-state index contributed by atoms with van der Waals surface area (Å²) in [5.74, 6) is -0.355. The van der Waals surface area contributed by atoms with Crippen molar-refractivity contribution in [3.8, 4) is 0 Å². The fourth-order valence-electron chi connectivity index (χ4n) is 1.38. The summed E-state index contributed by atoms with van der Waals surface area (Å²) in [5.41, 5.74) is 0.677. The first-order valence-corrected chi connectivity index (χ1v) is 6.68. The van der Waals surface area contributed by atoms with Crippen molar-refractivity contribution in [3.63, 3.8) is 0 Å². The fraction of sp³-hybridized carbons (Fsp3) is 0.182. The summed E-state index contributed by atoms with van der Waals surface area (Å²) in [7, 11) is -1.94. The van der Waals surface area contributed by atoms with Gasteiger partial charge in [0.05, 0.1) is 6.33 Å². The molecule has 2 aromatic rings. The molecule has 1 N–H and O–H groups in total. The van der Waals surface area contributed by atoms with Gasteiger partial charge in [-0.2, -0.15) is 0 Å². The zero-order valence-electron chi connectivity index (χ0n) is 9.67. The van der Waals surface area contributed by atoms with E-state index in [0.29, 0.717) is 5.56 Å². The topological polar surface area (TPSA) is 64.0 Å². The van der Waals surface area contributed by atoms with Crippen molar-refractivity contribution in [3.05, 3.63) is 48.2 Å². The van der Waals surface area contributed by atoms with Gasteiger partial charge in [0, 0.05) is 19.8 Å². The van der Waals surface area contributed by atoms with Crippen LogP contribution in [0.2, 0.25) is 0 Å². The van der Waals surface area contributed by atoms with Gasteiger partial charge >= 0.3 is 0 Å². The number of halogens is 1. The molecule has 1 aromatic carbocycles. The van der Waals surface area contributed by atoms with Gasteiger partial charge in [-0.3, -0.25) is 0 Å². The minimum atomic E-state index is -3.62. The third-order valence-corrected chi connectivity index (χ3v) is 3.62. The highest BCUT2D eigenvalue weighted by atomic mass is 32.2. The van der Waals surface area contributed by atoms with Crippen molar-refractivity contribution >= 4 is 10.0 Å². The molecule has 0 aliphatic carbocycles. The van der Waals surface area contributed by atoms with Crippen LogP contribution >= 0.6 is 0 Å². The standard InChI is InChI=1S/C11H12FN3O2S/c1-15-7-11(13-8-15)18(16,17)14-6-9-2-4-10(12)5-3-9/h2-5,7-8,14H,6H2,1H3. The number of benzene rings is 1. The van der Waals surface area contributed by atoms with Crippen molar-refractivity contribution in [2.45, 2.75) is 11.6 Å². The van der Waals surface area contributed by atoms with Gasteiger partial charge in [0.15, 0.2) is 5.03 Å². The van der Waals surface area contributed by atoms with Crippen LogP contribution in [0.4, 0.5) is 4.39 Å². The zero-order chi connectivity index (χ0) is 13.2. The molecule has 18 heavy (non-hydrogen) atoms. The van der Waals surface area contributed by atoms with Gasteiger partial charge in [0.1, 0.15) is 5.82 Å². The van der Waals surface area contributed by atoms with E-state index in [-0.39, 0.29) is 17.4 Å². The largest absolute Gasteiger partial charge is 0.339 e. The van der Waals surface area contributed by atoms with Crippen LogP contribution in [0, 0.1) is 5.82 Å². The summed E-state index contributed by atoms with van der Waals surface area (Å²) >= 11 is 0. The zero-order valence-corrected chi connectivity index (χ0v) is 10.5. The second kappa shape index (κ2) is 4.87. The molecule has 0 saturated carbocycles. The highest BCUT2D eigenvalue weighted by Gasteiger charge is 2.16. The first kappa shape index (κ1) is 12.7. The minimum absolute atomic E-state index is 0.0351. The lowest BCUT2D eigenvalue weighted by Crippen LogP contribution is -2.23. The number of nitrogens with zero attached hydrogens (tertiary/aromatic N) is 2. The molecular formula is C11H12FN3O2S. The Hall–Kier alpha value is -1.73. The molecule has 0 spiro atoms. The molecule has 0 fully saturated rings. The Morgan fingerprint density at radius 1 is 1.33 bits per heavy atom. The second-order valence-corrected chi connectivity index (χ2v) is 5.54. The Balaban J connectivity index is 2.08. The maximum absolute atomic E-state index is 12.7. The molecule has 0 saturated heterocycles. The predicted molar refractivity (Wildman–Crippen MR) is 63.6 cm³/mol. The van der Waals surface area contributed by atoms with Gasteiger partial charge < -0.3 is 4.57 Å². The van der Waals surface area contributed by atoms with Crippen LogP contribution in [0.5, 0.6) is 0 Å². The number of hydrogen-bond acceptors (Lipinski definition) is 3. The van der Waals surface area contributed by atoms with Crippen LogP contribution in [-0.2, 0) is 23.6 Å². The van der Waals surface area contributed by atoms with E-state index in [9.17, 15) is 12.8 Å². The van der Waals surface area contributed by atoms with E-state index in [4.69, 9.17) is 0 Å². The molecule has 5 nitrogen and oxygen atoms in total. The monoisotopic (exact) mass is 269 g/mol. The van der Waals surface area contributed by atoms with Crippen molar-refractivity contribution in [1.82, 2.24) is 14.3 Å². The molecule has 7 heteroatoms. The molecule has 0 aliphatic heterocycles. The SMILES string of the molecule is Cn1cnc(S(=O)(=O)NCc2ccc(F)cc2)c1. The van der Waals surface area contributed by atoms with Crippen LogP contribution < -0.4 is 4.72 Å². The number of aryl methyl sites for hydroxylation is 1. The molecule has 0 unspecified atom stereocenters. The Bertz CT molecular complexity index is 635. The van der Waals surface area contributed by atoms with Crippen molar-refractivity contribution < 1.29 is 12.8 Å². The van der Waals surface area contributed by atoms with Crippen molar-refractivity contribution in [2.75, 3.05) is 0 Å². The Morgan fingerprint density at radius 3 is 2.56 bits per heavy atom. The summed E-state index contributed by atoms with van der Waals surface area (Å²) in [6.07, 6.45) is 2.82. The van der Waals surface area contributed by atoms with E-state index in [1.807, 2.05) is 0 Å². The molecule has 96 valence electrons. The number of sulfonamides is 1. The van der Waals surface area contributed by atoms with Gasteiger partial charge in [-0.25, -0.2) is 22.5 Å². The highest BCUT2D eigenvalue weighted by Crippen LogP contribution is 2.07. The van der Waals surface area contributed by atoms with Gasteiger partial charge in [0.2, 0.25) is 0 Å². The third-order valence-electron chi connectivity index (χ3n) is 2.34. The molecule has 1 aromatic heterocycles. The van der Waals surface area contributed by atoms with Gasteiger partial charge in [-0.15, -0.1) is 0 Å². The normalized spacial score (nSPS) is 11.7. The maximum atomic E-state index is 12.7. The molecule has 0 bridgehead atoms. The van der Waals surface area contributed by atoms with Crippen LogP contribution in [0.25, 0.3) is 0 Å². The highest BCUT2D eigenvalue weighted by molar-refractivity contribution is 7.89. The Kier molecular flexibility index (Phi) is 3.44. The summed E-state index contributed by atoms with van der Waals surface area (Å²) in [6.45, 7) is 0.0964. The van der Waals surface area contributed by atoms with E-state index < -0.39 is 10.0 Å². The van der Waals surface area contributed by atoms with Crippen LogP contribution in [0.15, 0.2) is 41.8 Å². The van der Waals surface area contributed by atoms with Gasteiger partial charge in [0.25, 0.3) is 10.0 Å². The molecule has 0 radical (unpaired) electrons. The maximum Gasteiger partial charge on any atom is 0.259 e. The van der Waals surface area contributed by atoms with E-state index in [1.165, 1.54) is 36.8 Å². The lowest BCUT2D eigenvalue weighted by Gasteiger charge is -2.04. The lowest BCUT2D eigenvalue weighted by atomic mass is 10.2. The van der Waals surface area contributed by atoms with E-state index in [2.05, 4.69) is 9.71 Å².